The largest absolute Gasteiger partial charge is 0.375 e. The zero-order chi connectivity index (χ0) is 27.0. The highest BCUT2D eigenvalue weighted by atomic mass is 19.3. The number of nitrogens with zero attached hydrogens (tertiary/aromatic N) is 5. The quantitative estimate of drug-likeness (QED) is 0.222. The van der Waals surface area contributed by atoms with Crippen molar-refractivity contribution in [3.8, 4) is 22.6 Å². The van der Waals surface area contributed by atoms with E-state index in [1.54, 1.807) is 23.9 Å². The first-order chi connectivity index (χ1) is 18.3. The summed E-state index contributed by atoms with van der Waals surface area (Å²) < 4.78 is 62.3. The molecule has 8 nitrogen and oxygen atoms in total. The number of fused-ring (bicyclic) bond motifs is 3. The molecule has 0 fully saturated rings. The number of allylic oxidation sites excluding steroid dienone is 1. The summed E-state index contributed by atoms with van der Waals surface area (Å²) in [6, 6.07) is 7.16. The third kappa shape index (κ3) is 4.21. The third-order valence-corrected chi connectivity index (χ3v) is 6.46. The molecule has 3 N–H and O–H groups in total. The van der Waals surface area contributed by atoms with Gasteiger partial charge < -0.3 is 20.6 Å². The first-order valence-corrected chi connectivity index (χ1v) is 11.8. The SMILES string of the molecule is CN/C(=C\C=N)Nc1cc(-c2cc3n(c2)C[C@H](CF)n2c-3nnc2C(F)(F)c2ccccc2F)c(C)cn1. The van der Waals surface area contributed by atoms with Crippen molar-refractivity contribution in [1.82, 2.24) is 29.6 Å². The number of aryl methyl sites for hydroxylation is 1. The number of aromatic nitrogens is 5. The Kier molecular flexibility index (Phi) is 6.47. The van der Waals surface area contributed by atoms with Gasteiger partial charge in [0.05, 0.1) is 17.3 Å². The molecule has 12 heteroatoms. The third-order valence-electron chi connectivity index (χ3n) is 6.46. The maximum atomic E-state index is 15.5. The predicted molar refractivity (Wildman–Crippen MR) is 135 cm³/mol. The highest BCUT2D eigenvalue weighted by Gasteiger charge is 2.45. The molecule has 1 atom stereocenters. The highest BCUT2D eigenvalue weighted by Crippen LogP contribution is 2.42. The number of nitrogens with one attached hydrogen (secondary N) is 3. The zero-order valence-corrected chi connectivity index (χ0v) is 20.5. The molecule has 0 saturated heterocycles. The van der Waals surface area contributed by atoms with Crippen molar-refractivity contribution in [3.63, 3.8) is 0 Å². The molecular weight excluding hydrogens is 500 g/mol. The van der Waals surface area contributed by atoms with Crippen LogP contribution >= 0.6 is 0 Å². The summed E-state index contributed by atoms with van der Waals surface area (Å²) in [7, 11) is 1.71. The van der Waals surface area contributed by atoms with E-state index >= 15 is 8.78 Å². The van der Waals surface area contributed by atoms with Gasteiger partial charge in [0.1, 0.15) is 24.1 Å². The van der Waals surface area contributed by atoms with E-state index < -0.39 is 35.8 Å². The maximum absolute atomic E-state index is 15.5. The van der Waals surface area contributed by atoms with Gasteiger partial charge in [0.25, 0.3) is 0 Å². The van der Waals surface area contributed by atoms with Crippen LogP contribution in [0.4, 0.5) is 23.4 Å². The Balaban J connectivity index is 1.58. The highest BCUT2D eigenvalue weighted by molar-refractivity contribution is 5.75. The number of hydrogen-bond donors (Lipinski definition) is 3. The Hall–Kier alpha value is -4.48. The van der Waals surface area contributed by atoms with Crippen LogP contribution in [0.15, 0.2) is 60.7 Å². The van der Waals surface area contributed by atoms with Gasteiger partial charge in [-0.1, -0.05) is 12.1 Å². The topological polar surface area (TPSA) is 96.4 Å². The van der Waals surface area contributed by atoms with Gasteiger partial charge in [-0.15, -0.1) is 10.2 Å². The number of alkyl halides is 3. The lowest BCUT2D eigenvalue weighted by molar-refractivity contribution is 0.0221. The van der Waals surface area contributed by atoms with Crippen LogP contribution in [0, 0.1) is 18.2 Å². The Morgan fingerprint density at radius 3 is 2.74 bits per heavy atom. The second-order valence-electron chi connectivity index (χ2n) is 8.85. The number of benzene rings is 1. The van der Waals surface area contributed by atoms with E-state index in [0.29, 0.717) is 17.3 Å². The normalized spacial score (nSPS) is 15.1. The first-order valence-electron chi connectivity index (χ1n) is 11.8. The number of hydrogen-bond acceptors (Lipinski definition) is 6. The lowest BCUT2D eigenvalue weighted by Gasteiger charge is -2.28. The summed E-state index contributed by atoms with van der Waals surface area (Å²) in [6.07, 6.45) is 6.17. The lowest BCUT2D eigenvalue weighted by Crippen LogP contribution is -2.30. The summed E-state index contributed by atoms with van der Waals surface area (Å²) in [6.45, 7) is 1.01. The molecule has 38 heavy (non-hydrogen) atoms. The van der Waals surface area contributed by atoms with Crippen molar-refractivity contribution in [2.75, 3.05) is 19.0 Å². The minimum atomic E-state index is -3.82. The average Bonchev–Trinajstić information content (AvgIpc) is 3.54. The first kappa shape index (κ1) is 25.2. The summed E-state index contributed by atoms with van der Waals surface area (Å²) in [4.78, 5) is 4.38. The smallest absolute Gasteiger partial charge is 0.334 e. The molecule has 196 valence electrons. The number of halogens is 4. The van der Waals surface area contributed by atoms with E-state index in [-0.39, 0.29) is 12.4 Å². The fourth-order valence-electron chi connectivity index (χ4n) is 4.60. The van der Waals surface area contributed by atoms with Crippen molar-refractivity contribution in [3.05, 3.63) is 83.5 Å². The molecule has 0 aliphatic carbocycles. The van der Waals surface area contributed by atoms with Crippen LogP contribution in [0.3, 0.4) is 0 Å². The molecule has 0 amide bonds. The maximum Gasteiger partial charge on any atom is 0.334 e. The second kappa shape index (κ2) is 9.77. The minimum absolute atomic E-state index is 0.0679. The molecule has 0 bridgehead atoms. The molecule has 0 saturated carbocycles. The Bertz CT molecular complexity index is 1540. The van der Waals surface area contributed by atoms with Crippen LogP contribution in [0.2, 0.25) is 0 Å². The van der Waals surface area contributed by atoms with Gasteiger partial charge in [0.2, 0.25) is 5.82 Å². The Morgan fingerprint density at radius 2 is 2.03 bits per heavy atom. The monoisotopic (exact) mass is 524 g/mol. The van der Waals surface area contributed by atoms with Gasteiger partial charge in [-0.3, -0.25) is 4.57 Å². The van der Waals surface area contributed by atoms with Gasteiger partial charge in [-0.25, -0.2) is 13.8 Å². The summed E-state index contributed by atoms with van der Waals surface area (Å²) in [5, 5.41) is 21.0. The molecule has 0 radical (unpaired) electrons. The molecular formula is C26H24F4N8. The van der Waals surface area contributed by atoms with Crippen molar-refractivity contribution >= 4 is 12.0 Å². The van der Waals surface area contributed by atoms with Crippen LogP contribution in [0.5, 0.6) is 0 Å². The van der Waals surface area contributed by atoms with Gasteiger partial charge in [0.15, 0.2) is 5.82 Å². The Labute approximate surface area is 215 Å². The zero-order valence-electron chi connectivity index (χ0n) is 20.5. The summed E-state index contributed by atoms with van der Waals surface area (Å²) in [5.74, 6) is -4.54. The van der Waals surface area contributed by atoms with Crippen LogP contribution in [0.25, 0.3) is 22.6 Å². The number of anilines is 1. The van der Waals surface area contributed by atoms with Crippen molar-refractivity contribution < 1.29 is 17.6 Å². The molecule has 4 heterocycles. The Morgan fingerprint density at radius 1 is 1.24 bits per heavy atom. The van der Waals surface area contributed by atoms with E-state index in [1.807, 2.05) is 19.2 Å². The van der Waals surface area contributed by atoms with Gasteiger partial charge in [-0.2, -0.15) is 8.78 Å². The molecule has 3 aromatic heterocycles. The van der Waals surface area contributed by atoms with Gasteiger partial charge in [-0.05, 0) is 48.4 Å². The molecule has 0 spiro atoms. The van der Waals surface area contributed by atoms with Crippen molar-refractivity contribution in [2.45, 2.75) is 25.4 Å². The van der Waals surface area contributed by atoms with Gasteiger partial charge in [0, 0.05) is 37.8 Å². The van der Waals surface area contributed by atoms with Crippen molar-refractivity contribution in [1.29, 1.82) is 5.41 Å². The summed E-state index contributed by atoms with van der Waals surface area (Å²) >= 11 is 0. The molecule has 1 aromatic carbocycles. The van der Waals surface area contributed by atoms with E-state index in [2.05, 4.69) is 25.8 Å². The van der Waals surface area contributed by atoms with Crippen LogP contribution in [-0.2, 0) is 12.5 Å². The average molecular weight is 525 g/mol. The molecule has 5 rings (SSSR count). The lowest BCUT2D eigenvalue weighted by atomic mass is 10.0. The van der Waals surface area contributed by atoms with E-state index in [4.69, 9.17) is 5.41 Å². The molecule has 4 aromatic rings. The van der Waals surface area contributed by atoms with E-state index in [9.17, 15) is 8.78 Å². The van der Waals surface area contributed by atoms with Gasteiger partial charge >= 0.3 is 5.92 Å². The number of pyridine rings is 1. The van der Waals surface area contributed by atoms with Crippen molar-refractivity contribution in [2.24, 2.45) is 0 Å². The van der Waals surface area contributed by atoms with Crippen LogP contribution < -0.4 is 10.6 Å². The second-order valence-corrected chi connectivity index (χ2v) is 8.85. The van der Waals surface area contributed by atoms with Crippen LogP contribution in [-0.4, -0.2) is 44.3 Å². The molecule has 1 aliphatic heterocycles. The standard InChI is InChI=1S/C26H24F4N8/c1-15-12-33-23(34-22(32-2)7-8-31)10-18(15)16-9-21-24-35-36-25(38(24)17(11-27)14-37(21)13-16)26(29,30)19-5-3-4-6-20(19)28/h3-10,12-13,17,31-32H,11,14H2,1-2H3,(H,33,34)/b22-7+,31-8?/t17-/m0/s1. The molecule has 0 unspecified atom stereocenters. The molecule has 1 aliphatic rings. The fourth-order valence-corrected chi connectivity index (χ4v) is 4.60. The minimum Gasteiger partial charge on any atom is -0.375 e. The predicted octanol–water partition coefficient (Wildman–Crippen LogP) is 5.04. The van der Waals surface area contributed by atoms with E-state index in [0.717, 1.165) is 39.6 Å². The van der Waals surface area contributed by atoms with Crippen LogP contribution in [0.1, 0.15) is 23.0 Å². The number of rotatable bonds is 8. The fraction of sp³-hybridized carbons (Fsp3) is 0.231. The summed E-state index contributed by atoms with van der Waals surface area (Å²) in [5.41, 5.74) is 2.06. The van der Waals surface area contributed by atoms with E-state index in [1.165, 1.54) is 18.2 Å².